The summed E-state index contributed by atoms with van der Waals surface area (Å²) in [6.45, 7) is 0. The Labute approximate surface area is 185 Å². The zero-order valence-electron chi connectivity index (χ0n) is 15.8. The third-order valence-corrected chi connectivity index (χ3v) is 7.32. The van der Waals surface area contributed by atoms with Gasteiger partial charge in [0.25, 0.3) is 10.0 Å². The highest BCUT2D eigenvalue weighted by molar-refractivity contribution is 7.93. The molecule has 0 bridgehead atoms. The van der Waals surface area contributed by atoms with Gasteiger partial charge in [0.1, 0.15) is 11.9 Å². The molecule has 1 aliphatic rings. The molecule has 0 radical (unpaired) electrons. The number of aryl methyl sites for hydroxylation is 1. The van der Waals surface area contributed by atoms with Gasteiger partial charge in [-0.2, -0.15) is 13.2 Å². The molecule has 1 heterocycles. The van der Waals surface area contributed by atoms with Crippen LogP contribution in [0.3, 0.4) is 0 Å². The minimum Gasteiger partial charge on any atom is -0.484 e. The lowest BCUT2D eigenvalue weighted by Crippen LogP contribution is -2.18. The predicted molar refractivity (Wildman–Crippen MR) is 112 cm³/mol. The summed E-state index contributed by atoms with van der Waals surface area (Å²) in [5.41, 5.74) is 0.744. The number of nitrogens with one attached hydrogen (secondary N) is 1. The van der Waals surface area contributed by atoms with Gasteiger partial charge in [-0.1, -0.05) is 17.7 Å². The minimum atomic E-state index is -4.49. The summed E-state index contributed by atoms with van der Waals surface area (Å²) in [4.78, 5) is 4.03. The number of anilines is 1. The van der Waals surface area contributed by atoms with Crippen LogP contribution in [0.5, 0.6) is 5.75 Å². The van der Waals surface area contributed by atoms with Crippen molar-refractivity contribution >= 4 is 38.1 Å². The van der Waals surface area contributed by atoms with Crippen LogP contribution in [-0.4, -0.2) is 13.4 Å². The average Bonchev–Trinajstić information content (AvgIpc) is 3.21. The van der Waals surface area contributed by atoms with Crippen molar-refractivity contribution in [3.05, 3.63) is 69.7 Å². The Hall–Kier alpha value is -2.30. The number of thiazole rings is 1. The SMILES string of the molecule is O=S(=O)(Nc1nccs1)c1ccc2c(c1)CCCC2Oc1ccc(C(F)(F)F)cc1Cl. The van der Waals surface area contributed by atoms with Crippen molar-refractivity contribution in [2.75, 3.05) is 4.72 Å². The van der Waals surface area contributed by atoms with E-state index in [4.69, 9.17) is 16.3 Å². The Morgan fingerprint density at radius 1 is 1.19 bits per heavy atom. The number of aromatic nitrogens is 1. The van der Waals surface area contributed by atoms with Crippen molar-refractivity contribution in [2.24, 2.45) is 0 Å². The zero-order valence-corrected chi connectivity index (χ0v) is 18.2. The normalized spacial score (nSPS) is 16.6. The fraction of sp³-hybridized carbons (Fsp3) is 0.250. The molecular weight excluding hydrogens is 473 g/mol. The van der Waals surface area contributed by atoms with Crippen molar-refractivity contribution in [2.45, 2.75) is 36.4 Å². The van der Waals surface area contributed by atoms with Gasteiger partial charge in [-0.3, -0.25) is 4.72 Å². The smallest absolute Gasteiger partial charge is 0.416 e. The Balaban J connectivity index is 1.58. The van der Waals surface area contributed by atoms with Gasteiger partial charge in [-0.15, -0.1) is 11.3 Å². The van der Waals surface area contributed by atoms with E-state index in [0.29, 0.717) is 12.8 Å². The number of sulfonamides is 1. The fourth-order valence-electron chi connectivity index (χ4n) is 3.41. The topological polar surface area (TPSA) is 68.3 Å². The van der Waals surface area contributed by atoms with Crippen LogP contribution in [0.1, 0.15) is 35.6 Å². The van der Waals surface area contributed by atoms with Gasteiger partial charge < -0.3 is 4.74 Å². The summed E-state index contributed by atoms with van der Waals surface area (Å²) in [5.74, 6) is 0.148. The first-order valence-corrected chi connectivity index (χ1v) is 12.0. The van der Waals surface area contributed by atoms with Crippen LogP contribution >= 0.6 is 22.9 Å². The predicted octanol–water partition coefficient (Wildman–Crippen LogP) is 6.07. The van der Waals surface area contributed by atoms with Crippen LogP contribution in [0.2, 0.25) is 5.02 Å². The van der Waals surface area contributed by atoms with Crippen molar-refractivity contribution in [3.8, 4) is 5.75 Å². The third kappa shape index (κ3) is 4.81. The summed E-state index contributed by atoms with van der Waals surface area (Å²) in [6.07, 6.45) is -1.40. The van der Waals surface area contributed by atoms with Crippen molar-refractivity contribution in [1.29, 1.82) is 0 Å². The van der Waals surface area contributed by atoms with Gasteiger partial charge in [0.15, 0.2) is 5.13 Å². The number of hydrogen-bond donors (Lipinski definition) is 1. The summed E-state index contributed by atoms with van der Waals surface area (Å²) >= 11 is 7.19. The van der Waals surface area contributed by atoms with E-state index in [1.54, 1.807) is 17.5 Å². The number of fused-ring (bicyclic) bond motifs is 1. The largest absolute Gasteiger partial charge is 0.484 e. The molecule has 0 aliphatic heterocycles. The third-order valence-electron chi connectivity index (χ3n) is 4.87. The molecule has 0 saturated carbocycles. The highest BCUT2D eigenvalue weighted by Gasteiger charge is 2.31. The van der Waals surface area contributed by atoms with E-state index in [0.717, 1.165) is 29.7 Å². The highest BCUT2D eigenvalue weighted by Crippen LogP contribution is 2.39. The van der Waals surface area contributed by atoms with Crippen molar-refractivity contribution in [1.82, 2.24) is 4.98 Å². The molecular formula is C20H16ClF3N2O3S2. The van der Waals surface area contributed by atoms with E-state index in [1.165, 1.54) is 29.7 Å². The summed E-state index contributed by atoms with van der Waals surface area (Å²) in [7, 11) is -3.79. The van der Waals surface area contributed by atoms with Crippen LogP contribution in [-0.2, 0) is 22.6 Å². The van der Waals surface area contributed by atoms with E-state index in [1.807, 2.05) is 0 Å². The molecule has 1 N–H and O–H groups in total. The van der Waals surface area contributed by atoms with E-state index in [9.17, 15) is 21.6 Å². The van der Waals surface area contributed by atoms with Gasteiger partial charge >= 0.3 is 6.18 Å². The van der Waals surface area contributed by atoms with E-state index < -0.39 is 27.9 Å². The lowest BCUT2D eigenvalue weighted by atomic mass is 9.89. The highest BCUT2D eigenvalue weighted by atomic mass is 35.5. The quantitative estimate of drug-likeness (QED) is 0.473. The maximum absolute atomic E-state index is 12.9. The van der Waals surface area contributed by atoms with Gasteiger partial charge in [0, 0.05) is 11.6 Å². The Morgan fingerprint density at radius 2 is 2.00 bits per heavy atom. The first-order chi connectivity index (χ1) is 14.6. The second-order valence-corrected chi connectivity index (χ2v) is 9.93. The fourth-order valence-corrected chi connectivity index (χ4v) is 5.47. The van der Waals surface area contributed by atoms with E-state index in [2.05, 4.69) is 9.71 Å². The molecule has 11 heteroatoms. The van der Waals surface area contributed by atoms with Gasteiger partial charge in [-0.25, -0.2) is 13.4 Å². The second-order valence-electron chi connectivity index (χ2n) is 6.95. The molecule has 31 heavy (non-hydrogen) atoms. The Bertz CT molecular complexity index is 1200. The molecule has 5 nitrogen and oxygen atoms in total. The van der Waals surface area contributed by atoms with Crippen LogP contribution < -0.4 is 9.46 Å². The monoisotopic (exact) mass is 488 g/mol. The first-order valence-electron chi connectivity index (χ1n) is 9.22. The Morgan fingerprint density at radius 3 is 2.68 bits per heavy atom. The number of halogens is 4. The first kappa shape index (κ1) is 21.9. The molecule has 0 saturated heterocycles. The Kier molecular flexibility index (Phi) is 5.89. The molecule has 0 amide bonds. The van der Waals surface area contributed by atoms with Gasteiger partial charge in [-0.05, 0) is 60.7 Å². The number of alkyl halides is 3. The molecule has 164 valence electrons. The number of nitrogens with zero attached hydrogens (tertiary/aromatic N) is 1. The standard InChI is InChI=1S/C20H16ClF3N2O3S2/c21-16-11-13(20(22,23)24)4-7-18(16)29-17-3-1-2-12-10-14(5-6-15(12)17)31(27,28)26-19-25-8-9-30-19/h4-11,17H,1-3H2,(H,25,26). The van der Waals surface area contributed by atoms with Crippen molar-refractivity contribution in [3.63, 3.8) is 0 Å². The zero-order chi connectivity index (χ0) is 22.2. The van der Waals surface area contributed by atoms with Crippen LogP contribution in [0.15, 0.2) is 52.9 Å². The molecule has 0 spiro atoms. The second kappa shape index (κ2) is 8.33. The van der Waals surface area contributed by atoms with Gasteiger partial charge in [0.05, 0.1) is 15.5 Å². The number of rotatable bonds is 5. The van der Waals surface area contributed by atoms with Crippen LogP contribution in [0, 0.1) is 0 Å². The maximum atomic E-state index is 12.9. The molecule has 3 aromatic rings. The molecule has 0 fully saturated rings. The average molecular weight is 489 g/mol. The lowest BCUT2D eigenvalue weighted by molar-refractivity contribution is -0.137. The maximum Gasteiger partial charge on any atom is 0.416 e. The summed E-state index contributed by atoms with van der Waals surface area (Å²) in [6, 6.07) is 7.70. The van der Waals surface area contributed by atoms with Gasteiger partial charge in [0.2, 0.25) is 0 Å². The van der Waals surface area contributed by atoms with Crippen molar-refractivity contribution < 1.29 is 26.3 Å². The minimum absolute atomic E-state index is 0.106. The lowest BCUT2D eigenvalue weighted by Gasteiger charge is -2.27. The van der Waals surface area contributed by atoms with E-state index in [-0.39, 0.29) is 20.8 Å². The molecule has 4 rings (SSSR count). The number of ether oxygens (including phenoxy) is 1. The molecule has 1 aromatic heterocycles. The van der Waals surface area contributed by atoms with Crippen LogP contribution in [0.4, 0.5) is 18.3 Å². The molecule has 1 unspecified atom stereocenters. The molecule has 2 aromatic carbocycles. The summed E-state index contributed by atoms with van der Waals surface area (Å²) < 4.78 is 72.2. The number of hydrogen-bond acceptors (Lipinski definition) is 5. The molecule has 1 aliphatic carbocycles. The summed E-state index contributed by atoms with van der Waals surface area (Å²) in [5, 5.41) is 1.81. The van der Waals surface area contributed by atoms with Crippen LogP contribution in [0.25, 0.3) is 0 Å². The number of benzene rings is 2. The molecule has 1 atom stereocenters. The van der Waals surface area contributed by atoms with E-state index >= 15 is 0 Å².